The number of carbonyl (C=O) groups excluding carboxylic acids is 2. The highest BCUT2D eigenvalue weighted by atomic mass is 35.5. The second-order valence-electron chi connectivity index (χ2n) is 6.03. The first kappa shape index (κ1) is 21.5. The lowest BCUT2D eigenvalue weighted by Crippen LogP contribution is -2.22. The average Bonchev–Trinajstić information content (AvgIpc) is 3.13. The van der Waals surface area contributed by atoms with Crippen LogP contribution in [0.5, 0.6) is 0 Å². The monoisotopic (exact) mass is 456 g/mol. The fourth-order valence-corrected chi connectivity index (χ4v) is 3.94. The predicted molar refractivity (Wildman–Crippen MR) is 120 cm³/mol. The lowest BCUT2D eigenvalue weighted by Gasteiger charge is -2.17. The Morgan fingerprint density at radius 3 is 2.43 bits per heavy atom. The molecule has 1 N–H and O–H groups in total. The Balaban J connectivity index is 1.85. The van der Waals surface area contributed by atoms with Gasteiger partial charge in [-0.25, -0.2) is 4.98 Å². The molecule has 6 nitrogen and oxygen atoms in total. The maximum Gasteiger partial charge on any atom is 0.266 e. The summed E-state index contributed by atoms with van der Waals surface area (Å²) in [6.45, 7) is 1.44. The van der Waals surface area contributed by atoms with Crippen LogP contribution in [0.15, 0.2) is 59.5 Å². The number of hydrogen-bond donors (Lipinski definition) is 1. The van der Waals surface area contributed by atoms with Crippen LogP contribution in [0.1, 0.15) is 12.6 Å². The summed E-state index contributed by atoms with van der Waals surface area (Å²) in [5.74, 6) is -0.834. The number of anilines is 3. The highest BCUT2D eigenvalue weighted by molar-refractivity contribution is 7.14. The van der Waals surface area contributed by atoms with Gasteiger partial charge in [0.1, 0.15) is 11.6 Å². The van der Waals surface area contributed by atoms with E-state index in [4.69, 9.17) is 23.2 Å². The van der Waals surface area contributed by atoms with Crippen molar-refractivity contribution in [3.8, 4) is 6.07 Å². The number of amides is 2. The third-order valence-corrected chi connectivity index (χ3v) is 5.09. The second-order valence-corrected chi connectivity index (χ2v) is 7.74. The summed E-state index contributed by atoms with van der Waals surface area (Å²) < 4.78 is 0. The van der Waals surface area contributed by atoms with Crippen LogP contribution < -0.4 is 10.2 Å². The van der Waals surface area contributed by atoms with E-state index < -0.39 is 5.91 Å². The minimum Gasteiger partial charge on any atom is -0.321 e. The van der Waals surface area contributed by atoms with Gasteiger partial charge in [0.25, 0.3) is 5.91 Å². The molecule has 30 heavy (non-hydrogen) atoms. The number of aromatic nitrogens is 1. The fourth-order valence-electron chi connectivity index (χ4n) is 2.57. The van der Waals surface area contributed by atoms with Crippen molar-refractivity contribution in [2.24, 2.45) is 0 Å². The summed E-state index contributed by atoms with van der Waals surface area (Å²) >= 11 is 13.1. The zero-order valence-corrected chi connectivity index (χ0v) is 17.9. The molecule has 9 heteroatoms. The van der Waals surface area contributed by atoms with Crippen molar-refractivity contribution >= 4 is 68.9 Å². The first-order valence-corrected chi connectivity index (χ1v) is 10.2. The van der Waals surface area contributed by atoms with E-state index in [1.165, 1.54) is 47.4 Å². The van der Waals surface area contributed by atoms with Gasteiger partial charge in [-0.1, -0.05) is 41.4 Å². The number of hydrogen-bond acceptors (Lipinski definition) is 5. The average molecular weight is 457 g/mol. The molecule has 1 aromatic heterocycles. The molecule has 0 fully saturated rings. The Morgan fingerprint density at radius 2 is 1.83 bits per heavy atom. The minimum atomic E-state index is -0.628. The fraction of sp³-hybridized carbons (Fsp3) is 0.0476. The van der Waals surface area contributed by atoms with Gasteiger partial charge >= 0.3 is 0 Å². The second kappa shape index (κ2) is 9.55. The van der Waals surface area contributed by atoms with Gasteiger partial charge in [-0.15, -0.1) is 11.3 Å². The highest BCUT2D eigenvalue weighted by Crippen LogP contribution is 2.29. The molecule has 0 unspecified atom stereocenters. The first-order valence-electron chi connectivity index (χ1n) is 8.58. The van der Waals surface area contributed by atoms with Crippen molar-refractivity contribution in [1.29, 1.82) is 5.26 Å². The van der Waals surface area contributed by atoms with E-state index in [-0.39, 0.29) is 11.5 Å². The van der Waals surface area contributed by atoms with Crippen LogP contribution in [-0.2, 0) is 9.59 Å². The number of para-hydroxylation sites is 1. The standard InChI is InChI=1S/C21H14Cl2N4O2S/c1-13(28)27(19-5-3-2-4-6-19)21-26-18(12-30-21)7-14(11-24)20(29)25-17-9-15(22)8-16(23)10-17/h2-10,12H,1H3,(H,25,29)/b14-7+. The van der Waals surface area contributed by atoms with Crippen molar-refractivity contribution in [2.75, 3.05) is 10.2 Å². The SMILES string of the molecule is CC(=O)N(c1ccccc1)c1nc(/C=C(\C#N)C(=O)Nc2cc(Cl)cc(Cl)c2)cs1. The molecule has 2 amide bonds. The third-order valence-electron chi connectivity index (χ3n) is 3.81. The number of nitriles is 1. The molecule has 0 bridgehead atoms. The lowest BCUT2D eigenvalue weighted by molar-refractivity contribution is -0.116. The van der Waals surface area contributed by atoms with Crippen LogP contribution in [-0.4, -0.2) is 16.8 Å². The van der Waals surface area contributed by atoms with E-state index in [2.05, 4.69) is 10.3 Å². The van der Waals surface area contributed by atoms with Gasteiger partial charge < -0.3 is 5.32 Å². The zero-order chi connectivity index (χ0) is 21.7. The number of rotatable bonds is 5. The van der Waals surface area contributed by atoms with Crippen molar-refractivity contribution in [2.45, 2.75) is 6.92 Å². The molecule has 150 valence electrons. The smallest absolute Gasteiger partial charge is 0.266 e. The minimum absolute atomic E-state index is 0.156. The summed E-state index contributed by atoms with van der Waals surface area (Å²) in [5, 5.41) is 14.8. The molecule has 0 aliphatic rings. The van der Waals surface area contributed by atoms with Crippen molar-refractivity contribution in [3.05, 3.63) is 75.2 Å². The molecule has 0 spiro atoms. The Morgan fingerprint density at radius 1 is 1.17 bits per heavy atom. The van der Waals surface area contributed by atoms with Gasteiger partial charge in [-0.05, 0) is 36.4 Å². The van der Waals surface area contributed by atoms with E-state index in [0.717, 1.165) is 0 Å². The quantitative estimate of drug-likeness (QED) is 0.395. The van der Waals surface area contributed by atoms with Gasteiger partial charge in [0.2, 0.25) is 5.91 Å². The number of carbonyl (C=O) groups is 2. The van der Waals surface area contributed by atoms with E-state index in [0.29, 0.717) is 32.2 Å². The number of nitrogens with one attached hydrogen (secondary N) is 1. The Labute approximate surface area is 187 Å². The van der Waals surface area contributed by atoms with Crippen LogP contribution in [0.4, 0.5) is 16.5 Å². The summed E-state index contributed by atoms with van der Waals surface area (Å²) in [5.41, 5.74) is 1.26. The van der Waals surface area contributed by atoms with Gasteiger partial charge in [-0.3, -0.25) is 14.5 Å². The topological polar surface area (TPSA) is 86.1 Å². The molecule has 3 rings (SSSR count). The Hall–Kier alpha value is -3.18. The number of halogens is 2. The summed E-state index contributed by atoms with van der Waals surface area (Å²) in [4.78, 5) is 30.5. The van der Waals surface area contributed by atoms with Crippen LogP contribution in [0.3, 0.4) is 0 Å². The van der Waals surface area contributed by atoms with Gasteiger partial charge in [0.15, 0.2) is 5.13 Å². The lowest BCUT2D eigenvalue weighted by atomic mass is 10.2. The van der Waals surface area contributed by atoms with Crippen LogP contribution >= 0.6 is 34.5 Å². The molecular formula is C21H14Cl2N4O2S. The van der Waals surface area contributed by atoms with Crippen LogP contribution in [0, 0.1) is 11.3 Å². The molecule has 3 aromatic rings. The molecule has 0 atom stereocenters. The molecule has 2 aromatic carbocycles. The molecule has 0 radical (unpaired) electrons. The molecule has 0 aliphatic heterocycles. The zero-order valence-electron chi connectivity index (χ0n) is 15.6. The Kier molecular flexibility index (Phi) is 6.85. The maximum absolute atomic E-state index is 12.5. The predicted octanol–water partition coefficient (Wildman–Crippen LogP) is 5.68. The van der Waals surface area contributed by atoms with Crippen LogP contribution in [0.2, 0.25) is 10.0 Å². The molecule has 0 aliphatic carbocycles. The summed E-state index contributed by atoms with van der Waals surface area (Å²) in [6.07, 6.45) is 1.35. The van der Waals surface area contributed by atoms with E-state index in [1.807, 2.05) is 24.3 Å². The molecule has 1 heterocycles. The van der Waals surface area contributed by atoms with Gasteiger partial charge in [0.05, 0.1) is 11.4 Å². The number of benzene rings is 2. The van der Waals surface area contributed by atoms with Gasteiger partial charge in [0, 0.05) is 28.0 Å². The Bertz CT molecular complexity index is 1150. The summed E-state index contributed by atoms with van der Waals surface area (Å²) in [6, 6.07) is 15.5. The van der Waals surface area contributed by atoms with Crippen molar-refractivity contribution in [1.82, 2.24) is 4.98 Å². The number of thiazole rings is 1. The van der Waals surface area contributed by atoms with E-state index >= 15 is 0 Å². The summed E-state index contributed by atoms with van der Waals surface area (Å²) in [7, 11) is 0. The molecule has 0 saturated carbocycles. The third kappa shape index (κ3) is 5.24. The highest BCUT2D eigenvalue weighted by Gasteiger charge is 2.18. The van der Waals surface area contributed by atoms with Crippen molar-refractivity contribution in [3.63, 3.8) is 0 Å². The van der Waals surface area contributed by atoms with Crippen LogP contribution in [0.25, 0.3) is 6.08 Å². The molecule has 0 saturated heterocycles. The van der Waals surface area contributed by atoms with E-state index in [9.17, 15) is 14.9 Å². The largest absolute Gasteiger partial charge is 0.321 e. The van der Waals surface area contributed by atoms with Crippen molar-refractivity contribution < 1.29 is 9.59 Å². The maximum atomic E-state index is 12.5. The normalized spacial score (nSPS) is 10.9. The van der Waals surface area contributed by atoms with Gasteiger partial charge in [-0.2, -0.15) is 5.26 Å². The first-order chi connectivity index (χ1) is 14.4. The van der Waals surface area contributed by atoms with E-state index in [1.54, 1.807) is 17.5 Å². The number of nitrogens with zero attached hydrogens (tertiary/aromatic N) is 3. The molecular weight excluding hydrogens is 443 g/mol.